The van der Waals surface area contributed by atoms with E-state index >= 15 is 0 Å². The first-order valence-corrected chi connectivity index (χ1v) is 10.7. The summed E-state index contributed by atoms with van der Waals surface area (Å²) in [6.07, 6.45) is 2.56. The van der Waals surface area contributed by atoms with Gasteiger partial charge in [0, 0.05) is 18.3 Å². The molecule has 1 aliphatic rings. The van der Waals surface area contributed by atoms with Crippen LogP contribution in [0.5, 0.6) is 0 Å². The summed E-state index contributed by atoms with van der Waals surface area (Å²) in [5.41, 5.74) is 0.970. The molecule has 0 aromatic heterocycles. The number of halogens is 1. The van der Waals surface area contributed by atoms with Crippen molar-refractivity contribution in [3.8, 4) is 0 Å². The van der Waals surface area contributed by atoms with Crippen LogP contribution in [0.3, 0.4) is 0 Å². The van der Waals surface area contributed by atoms with E-state index in [-0.39, 0.29) is 28.9 Å². The maximum Gasteiger partial charge on any atom is 0.240 e. The Labute approximate surface area is 172 Å². The Morgan fingerprint density at radius 2 is 2.00 bits per heavy atom. The highest BCUT2D eigenvalue weighted by Gasteiger charge is 2.15. The molecule has 0 amide bonds. The third kappa shape index (κ3) is 7.32. The molecule has 1 aliphatic heterocycles. The lowest BCUT2D eigenvalue weighted by molar-refractivity contribution is 0.588. The number of rotatable bonds is 7. The minimum Gasteiger partial charge on any atom is -0.357 e. The van der Waals surface area contributed by atoms with Crippen LogP contribution in [0, 0.1) is 0 Å². The number of nitrogens with one attached hydrogen (secondary N) is 3. The van der Waals surface area contributed by atoms with E-state index < -0.39 is 10.0 Å². The molecule has 1 unspecified atom stereocenters. The number of guanidine groups is 1. The van der Waals surface area contributed by atoms with Gasteiger partial charge in [-0.3, -0.25) is 0 Å². The highest BCUT2D eigenvalue weighted by atomic mass is 127. The molecule has 1 heterocycles. The van der Waals surface area contributed by atoms with Gasteiger partial charge in [0.25, 0.3) is 0 Å². The van der Waals surface area contributed by atoms with Gasteiger partial charge in [0.1, 0.15) is 0 Å². The van der Waals surface area contributed by atoms with Gasteiger partial charge in [-0.05, 0) is 50.3 Å². The van der Waals surface area contributed by atoms with E-state index in [1.165, 1.54) is 25.6 Å². The molecule has 1 atom stereocenters. The van der Waals surface area contributed by atoms with Crippen LogP contribution in [0.4, 0.5) is 0 Å². The Morgan fingerprint density at radius 1 is 1.28 bits per heavy atom. The SMILES string of the molecule is CCNC(=NCc1ccc(S(=O)(=O)NC)cc1)NCC1CCCS1.I. The van der Waals surface area contributed by atoms with E-state index in [2.05, 4.69) is 20.3 Å². The minimum atomic E-state index is -3.39. The molecule has 9 heteroatoms. The average Bonchev–Trinajstić information content (AvgIpc) is 3.11. The fraction of sp³-hybridized carbons (Fsp3) is 0.562. The van der Waals surface area contributed by atoms with Crippen LogP contribution in [0.2, 0.25) is 0 Å². The van der Waals surface area contributed by atoms with E-state index in [1.807, 2.05) is 18.7 Å². The number of nitrogens with zero attached hydrogens (tertiary/aromatic N) is 1. The third-order valence-corrected chi connectivity index (χ3v) is 6.62. The predicted octanol–water partition coefficient (Wildman–Crippen LogP) is 2.16. The minimum absolute atomic E-state index is 0. The molecule has 0 bridgehead atoms. The standard InChI is InChI=1S/C16H26N4O2S2.HI/c1-3-18-16(20-12-14-5-4-10-23-14)19-11-13-6-8-15(9-7-13)24(21,22)17-2;/h6-9,14,17H,3-5,10-12H2,1-2H3,(H2,18,19,20);1H. The molecular weight excluding hydrogens is 471 g/mol. The Bertz CT molecular complexity index is 645. The Morgan fingerprint density at radius 3 is 2.56 bits per heavy atom. The van der Waals surface area contributed by atoms with Gasteiger partial charge in [-0.25, -0.2) is 18.1 Å². The van der Waals surface area contributed by atoms with Gasteiger partial charge in [0.05, 0.1) is 11.4 Å². The van der Waals surface area contributed by atoms with E-state index in [1.54, 1.807) is 24.3 Å². The Hall–Kier alpha value is -0.520. The van der Waals surface area contributed by atoms with Gasteiger partial charge < -0.3 is 10.6 Å². The zero-order valence-corrected chi connectivity index (χ0v) is 18.6. The van der Waals surface area contributed by atoms with Crippen LogP contribution in [-0.2, 0) is 16.6 Å². The van der Waals surface area contributed by atoms with Crippen molar-refractivity contribution in [3.63, 3.8) is 0 Å². The van der Waals surface area contributed by atoms with Gasteiger partial charge in [0.2, 0.25) is 10.0 Å². The van der Waals surface area contributed by atoms with Crippen LogP contribution < -0.4 is 15.4 Å². The topological polar surface area (TPSA) is 82.6 Å². The number of aliphatic imine (C=N–C) groups is 1. The zero-order valence-electron chi connectivity index (χ0n) is 14.6. The molecule has 3 N–H and O–H groups in total. The molecule has 142 valence electrons. The number of hydrogen-bond donors (Lipinski definition) is 3. The van der Waals surface area contributed by atoms with Crippen molar-refractivity contribution in [2.75, 3.05) is 25.9 Å². The maximum absolute atomic E-state index is 11.7. The van der Waals surface area contributed by atoms with Gasteiger partial charge in [-0.1, -0.05) is 12.1 Å². The second-order valence-corrected chi connectivity index (χ2v) is 8.86. The third-order valence-electron chi connectivity index (χ3n) is 3.79. The lowest BCUT2D eigenvalue weighted by Gasteiger charge is -2.14. The van der Waals surface area contributed by atoms with Gasteiger partial charge in [-0.15, -0.1) is 24.0 Å². The highest BCUT2D eigenvalue weighted by Crippen LogP contribution is 2.25. The molecule has 1 saturated heterocycles. The average molecular weight is 498 g/mol. The van der Waals surface area contributed by atoms with E-state index in [0.29, 0.717) is 11.8 Å². The summed E-state index contributed by atoms with van der Waals surface area (Å²) in [7, 11) is -1.98. The van der Waals surface area contributed by atoms with E-state index in [0.717, 1.165) is 24.6 Å². The quantitative estimate of drug-likeness (QED) is 0.305. The molecule has 0 saturated carbocycles. The largest absolute Gasteiger partial charge is 0.357 e. The van der Waals surface area contributed by atoms with Crippen molar-refractivity contribution in [2.24, 2.45) is 4.99 Å². The van der Waals surface area contributed by atoms with Gasteiger partial charge in [0.15, 0.2) is 5.96 Å². The monoisotopic (exact) mass is 498 g/mol. The molecule has 6 nitrogen and oxygen atoms in total. The molecule has 25 heavy (non-hydrogen) atoms. The van der Waals surface area contributed by atoms with Crippen molar-refractivity contribution in [1.29, 1.82) is 0 Å². The molecule has 0 radical (unpaired) electrons. The molecule has 1 aromatic carbocycles. The lowest BCUT2D eigenvalue weighted by atomic mass is 10.2. The fourth-order valence-electron chi connectivity index (χ4n) is 2.42. The van der Waals surface area contributed by atoms with Crippen LogP contribution in [0.1, 0.15) is 25.3 Å². The fourth-order valence-corrected chi connectivity index (χ4v) is 4.35. The van der Waals surface area contributed by atoms with Crippen molar-refractivity contribution < 1.29 is 8.42 Å². The Balaban J connectivity index is 0.00000312. The van der Waals surface area contributed by atoms with Crippen molar-refractivity contribution in [3.05, 3.63) is 29.8 Å². The molecular formula is C16H27IN4O2S2. The maximum atomic E-state index is 11.7. The van der Waals surface area contributed by atoms with Crippen molar-refractivity contribution in [2.45, 2.75) is 36.5 Å². The first-order valence-electron chi connectivity index (χ1n) is 8.21. The molecule has 0 spiro atoms. The van der Waals surface area contributed by atoms with Gasteiger partial charge in [-0.2, -0.15) is 11.8 Å². The van der Waals surface area contributed by atoms with Crippen LogP contribution in [-0.4, -0.2) is 45.5 Å². The summed E-state index contributed by atoms with van der Waals surface area (Å²) in [4.78, 5) is 4.84. The first kappa shape index (κ1) is 22.5. The number of benzene rings is 1. The second-order valence-electron chi connectivity index (χ2n) is 5.56. The number of sulfonamides is 1. The van der Waals surface area contributed by atoms with Gasteiger partial charge >= 0.3 is 0 Å². The summed E-state index contributed by atoms with van der Waals surface area (Å²) in [5, 5.41) is 7.30. The normalized spacial score (nSPS) is 17.8. The van der Waals surface area contributed by atoms with Crippen LogP contribution in [0.25, 0.3) is 0 Å². The van der Waals surface area contributed by atoms with E-state index in [9.17, 15) is 8.42 Å². The van der Waals surface area contributed by atoms with Crippen molar-refractivity contribution >= 4 is 51.7 Å². The molecule has 2 rings (SSSR count). The second kappa shape index (κ2) is 11.2. The summed E-state index contributed by atoms with van der Waals surface area (Å²) in [6.45, 7) is 4.28. The van der Waals surface area contributed by atoms with Crippen LogP contribution in [0.15, 0.2) is 34.2 Å². The summed E-state index contributed by atoms with van der Waals surface area (Å²) in [5.74, 6) is 2.05. The van der Waals surface area contributed by atoms with E-state index in [4.69, 9.17) is 0 Å². The van der Waals surface area contributed by atoms with Crippen molar-refractivity contribution in [1.82, 2.24) is 15.4 Å². The summed E-state index contributed by atoms with van der Waals surface area (Å²) in [6, 6.07) is 6.80. The molecule has 1 aromatic rings. The summed E-state index contributed by atoms with van der Waals surface area (Å²) < 4.78 is 25.7. The highest BCUT2D eigenvalue weighted by molar-refractivity contribution is 14.0. The molecule has 1 fully saturated rings. The predicted molar refractivity (Wildman–Crippen MR) is 116 cm³/mol. The first-order chi connectivity index (χ1) is 11.5. The van der Waals surface area contributed by atoms with Crippen LogP contribution >= 0.6 is 35.7 Å². The smallest absolute Gasteiger partial charge is 0.240 e. The molecule has 0 aliphatic carbocycles. The summed E-state index contributed by atoms with van der Waals surface area (Å²) >= 11 is 2.01. The number of thioether (sulfide) groups is 1. The Kier molecular flexibility index (Phi) is 10.1. The number of hydrogen-bond acceptors (Lipinski definition) is 4. The lowest BCUT2D eigenvalue weighted by Crippen LogP contribution is -2.40. The zero-order chi connectivity index (χ0) is 17.4.